The Bertz CT molecular complexity index is 508. The molecule has 0 saturated heterocycles. The first-order valence-corrected chi connectivity index (χ1v) is 7.77. The minimum absolute atomic E-state index is 0.555. The molecular formula is C14H17N3OS. The van der Waals surface area contributed by atoms with Crippen molar-refractivity contribution >= 4 is 11.8 Å². The number of nitrogens with zero attached hydrogens (tertiary/aromatic N) is 3. The molecule has 0 unspecified atom stereocenters. The molecule has 1 fully saturated rings. The van der Waals surface area contributed by atoms with Crippen molar-refractivity contribution in [3.8, 4) is 11.5 Å². The lowest BCUT2D eigenvalue weighted by atomic mass is 9.91. The molecule has 2 aromatic rings. The number of thioether (sulfide) groups is 1. The van der Waals surface area contributed by atoms with Gasteiger partial charge in [0.05, 0.1) is 5.56 Å². The van der Waals surface area contributed by atoms with Gasteiger partial charge in [-0.15, -0.1) is 10.2 Å². The molecule has 0 radical (unpaired) electrons. The summed E-state index contributed by atoms with van der Waals surface area (Å²) >= 11 is 1.68. The third kappa shape index (κ3) is 3.35. The molecule has 2 heterocycles. The Morgan fingerprint density at radius 1 is 1.21 bits per heavy atom. The smallest absolute Gasteiger partial charge is 0.276 e. The molecule has 0 amide bonds. The largest absolute Gasteiger partial charge is 0.411 e. The van der Waals surface area contributed by atoms with E-state index in [2.05, 4.69) is 15.2 Å². The van der Waals surface area contributed by atoms with Gasteiger partial charge in [-0.25, -0.2) is 0 Å². The molecule has 5 heteroatoms. The summed E-state index contributed by atoms with van der Waals surface area (Å²) in [5, 5.41) is 8.84. The van der Waals surface area contributed by atoms with Crippen molar-refractivity contribution in [2.45, 2.75) is 37.3 Å². The molecule has 0 bridgehead atoms. The van der Waals surface area contributed by atoms with E-state index < -0.39 is 0 Å². The molecule has 19 heavy (non-hydrogen) atoms. The van der Waals surface area contributed by atoms with E-state index in [1.54, 1.807) is 24.2 Å². The summed E-state index contributed by atoms with van der Waals surface area (Å²) in [6, 6.07) is 3.80. The number of rotatable bonds is 4. The summed E-state index contributed by atoms with van der Waals surface area (Å²) in [4.78, 5) is 4.06. The summed E-state index contributed by atoms with van der Waals surface area (Å²) in [5.41, 5.74) is 0.875. The van der Waals surface area contributed by atoms with Gasteiger partial charge in [-0.1, -0.05) is 31.0 Å². The van der Waals surface area contributed by atoms with E-state index in [-0.39, 0.29) is 0 Å². The molecule has 0 N–H and O–H groups in total. The fourth-order valence-electron chi connectivity index (χ4n) is 2.42. The molecule has 0 atom stereocenters. The molecule has 4 nitrogen and oxygen atoms in total. The van der Waals surface area contributed by atoms with Crippen molar-refractivity contribution in [3.63, 3.8) is 0 Å². The van der Waals surface area contributed by atoms with Crippen LogP contribution in [0, 0.1) is 5.92 Å². The van der Waals surface area contributed by atoms with Gasteiger partial charge in [0, 0.05) is 18.1 Å². The predicted molar refractivity (Wildman–Crippen MR) is 74.8 cm³/mol. The van der Waals surface area contributed by atoms with Crippen molar-refractivity contribution in [3.05, 3.63) is 24.5 Å². The number of hydrogen-bond acceptors (Lipinski definition) is 5. The highest BCUT2D eigenvalue weighted by molar-refractivity contribution is 7.99. The number of hydrogen-bond donors (Lipinski definition) is 0. The topological polar surface area (TPSA) is 51.8 Å². The number of pyridine rings is 1. The summed E-state index contributed by atoms with van der Waals surface area (Å²) in [5.74, 6) is 2.46. The predicted octanol–water partition coefficient (Wildman–Crippen LogP) is 3.80. The number of aromatic nitrogens is 3. The quantitative estimate of drug-likeness (QED) is 0.794. The molecule has 0 spiro atoms. The molecule has 1 aliphatic carbocycles. The van der Waals surface area contributed by atoms with Gasteiger partial charge in [0.15, 0.2) is 0 Å². The van der Waals surface area contributed by atoms with Gasteiger partial charge in [0.2, 0.25) is 5.89 Å². The fraction of sp³-hybridized carbons (Fsp3) is 0.500. The lowest BCUT2D eigenvalue weighted by Gasteiger charge is -2.19. The van der Waals surface area contributed by atoms with Crippen LogP contribution >= 0.6 is 11.8 Å². The summed E-state index contributed by atoms with van der Waals surface area (Å²) < 4.78 is 5.66. The van der Waals surface area contributed by atoms with E-state index in [1.165, 1.54) is 32.1 Å². The normalized spacial score (nSPS) is 16.6. The Morgan fingerprint density at radius 3 is 2.89 bits per heavy atom. The molecule has 2 aromatic heterocycles. The van der Waals surface area contributed by atoms with Gasteiger partial charge in [-0.2, -0.15) is 0 Å². The third-order valence-corrected chi connectivity index (χ3v) is 4.53. The molecular weight excluding hydrogens is 258 g/mol. The maximum atomic E-state index is 5.66. The van der Waals surface area contributed by atoms with Crippen LogP contribution in [-0.4, -0.2) is 20.9 Å². The molecule has 0 aliphatic heterocycles. The SMILES string of the molecule is c1cncc(-c2nnc(SCC3CCCCC3)o2)c1. The second kappa shape index (κ2) is 6.19. The summed E-state index contributed by atoms with van der Waals surface area (Å²) in [7, 11) is 0. The Morgan fingerprint density at radius 2 is 2.11 bits per heavy atom. The summed E-state index contributed by atoms with van der Waals surface area (Å²) in [6.07, 6.45) is 10.3. The van der Waals surface area contributed by atoms with Crippen LogP contribution in [0.5, 0.6) is 0 Å². The standard InChI is InChI=1S/C14H17N3OS/c1-2-5-11(6-3-1)10-19-14-17-16-13(18-14)12-7-4-8-15-9-12/h4,7-9,11H,1-3,5-6,10H2. The zero-order chi connectivity index (χ0) is 12.9. The lowest BCUT2D eigenvalue weighted by molar-refractivity contribution is 0.389. The van der Waals surface area contributed by atoms with Crippen LogP contribution in [-0.2, 0) is 0 Å². The van der Waals surface area contributed by atoms with Crippen molar-refractivity contribution in [1.29, 1.82) is 0 Å². The maximum Gasteiger partial charge on any atom is 0.276 e. The minimum atomic E-state index is 0.555. The van der Waals surface area contributed by atoms with Gasteiger partial charge < -0.3 is 4.42 Å². The highest BCUT2D eigenvalue weighted by Crippen LogP contribution is 2.30. The van der Waals surface area contributed by atoms with E-state index >= 15 is 0 Å². The first-order chi connectivity index (χ1) is 9.42. The van der Waals surface area contributed by atoms with E-state index in [1.807, 2.05) is 12.1 Å². The Kier molecular flexibility index (Phi) is 4.13. The van der Waals surface area contributed by atoms with Crippen molar-refractivity contribution in [2.75, 3.05) is 5.75 Å². The van der Waals surface area contributed by atoms with E-state index in [9.17, 15) is 0 Å². The van der Waals surface area contributed by atoms with E-state index in [0.717, 1.165) is 17.2 Å². The molecule has 1 aliphatic rings. The second-order valence-corrected chi connectivity index (χ2v) is 5.90. The van der Waals surface area contributed by atoms with Gasteiger partial charge in [-0.3, -0.25) is 4.98 Å². The van der Waals surface area contributed by atoms with Crippen LogP contribution in [0.1, 0.15) is 32.1 Å². The summed E-state index contributed by atoms with van der Waals surface area (Å²) in [6.45, 7) is 0. The van der Waals surface area contributed by atoms with Crippen LogP contribution < -0.4 is 0 Å². The highest BCUT2D eigenvalue weighted by Gasteiger charge is 2.16. The third-order valence-electron chi connectivity index (χ3n) is 3.48. The van der Waals surface area contributed by atoms with E-state index in [0.29, 0.717) is 11.1 Å². The zero-order valence-corrected chi connectivity index (χ0v) is 11.6. The zero-order valence-electron chi connectivity index (χ0n) is 10.8. The molecule has 3 rings (SSSR count). The Labute approximate surface area is 117 Å². The van der Waals surface area contributed by atoms with Gasteiger partial charge >= 0.3 is 0 Å². The van der Waals surface area contributed by atoms with Crippen LogP contribution in [0.25, 0.3) is 11.5 Å². The van der Waals surface area contributed by atoms with Crippen LogP contribution in [0.2, 0.25) is 0 Å². The van der Waals surface area contributed by atoms with Crippen LogP contribution in [0.3, 0.4) is 0 Å². The first kappa shape index (κ1) is 12.7. The maximum absolute atomic E-state index is 5.66. The molecule has 100 valence electrons. The van der Waals surface area contributed by atoms with Crippen LogP contribution in [0.15, 0.2) is 34.2 Å². The van der Waals surface area contributed by atoms with Crippen molar-refractivity contribution < 1.29 is 4.42 Å². The lowest BCUT2D eigenvalue weighted by Crippen LogP contribution is -2.08. The fourth-order valence-corrected chi connectivity index (χ4v) is 3.36. The Hall–Kier alpha value is -1.36. The monoisotopic (exact) mass is 275 g/mol. The van der Waals surface area contributed by atoms with Gasteiger partial charge in [-0.05, 0) is 30.9 Å². The molecule has 0 aromatic carbocycles. The highest BCUT2D eigenvalue weighted by atomic mass is 32.2. The molecule has 1 saturated carbocycles. The van der Waals surface area contributed by atoms with Crippen molar-refractivity contribution in [2.24, 2.45) is 5.92 Å². The van der Waals surface area contributed by atoms with Gasteiger partial charge in [0.1, 0.15) is 0 Å². The average Bonchev–Trinajstić information content (AvgIpc) is 2.96. The minimum Gasteiger partial charge on any atom is -0.411 e. The Balaban J connectivity index is 1.59. The van der Waals surface area contributed by atoms with Crippen molar-refractivity contribution in [1.82, 2.24) is 15.2 Å². The first-order valence-electron chi connectivity index (χ1n) is 6.78. The van der Waals surface area contributed by atoms with Gasteiger partial charge in [0.25, 0.3) is 5.22 Å². The average molecular weight is 275 g/mol. The second-order valence-electron chi connectivity index (χ2n) is 4.93. The van der Waals surface area contributed by atoms with Crippen LogP contribution in [0.4, 0.5) is 0 Å². The van der Waals surface area contributed by atoms with E-state index in [4.69, 9.17) is 4.42 Å².